The number of hydrogen-bond donors (Lipinski definition) is 2. The monoisotopic (exact) mass is 253 g/mol. The molecule has 0 radical (unpaired) electrons. The number of aromatic hydroxyl groups is 1. The van der Waals surface area contributed by atoms with Crippen molar-refractivity contribution in [2.45, 2.75) is 6.18 Å². The van der Waals surface area contributed by atoms with Gasteiger partial charge in [-0.2, -0.15) is 13.2 Å². The molecular formula is C13H10F3NO. The maximum absolute atomic E-state index is 12.9. The van der Waals surface area contributed by atoms with Crippen LogP contribution in [0.3, 0.4) is 0 Å². The first-order valence-electron chi connectivity index (χ1n) is 5.14. The summed E-state index contributed by atoms with van der Waals surface area (Å²) in [6.45, 7) is 0. The fourth-order valence-electron chi connectivity index (χ4n) is 1.74. The Bertz CT molecular complexity index is 579. The third kappa shape index (κ3) is 2.25. The van der Waals surface area contributed by atoms with Crippen LogP contribution in [0.4, 0.5) is 18.9 Å². The van der Waals surface area contributed by atoms with Gasteiger partial charge >= 0.3 is 6.18 Å². The first-order valence-corrected chi connectivity index (χ1v) is 5.14. The standard InChI is InChI=1S/C13H10F3NO/c14-13(15,16)11-4-2-1-3-9(11)10-7-8(18)5-6-12(10)17/h1-7,18H,17H2. The Balaban J connectivity index is 2.68. The molecule has 5 heteroatoms. The Kier molecular flexibility index (Phi) is 2.90. The summed E-state index contributed by atoms with van der Waals surface area (Å²) < 4.78 is 38.6. The minimum absolute atomic E-state index is 0.0431. The summed E-state index contributed by atoms with van der Waals surface area (Å²) in [5.41, 5.74) is 5.19. The lowest BCUT2D eigenvalue weighted by Gasteiger charge is -2.14. The molecule has 0 aliphatic heterocycles. The number of nitrogen functional groups attached to an aromatic ring is 1. The van der Waals surface area contributed by atoms with Crippen molar-refractivity contribution < 1.29 is 18.3 Å². The number of nitrogens with two attached hydrogens (primary N) is 1. The van der Waals surface area contributed by atoms with Crippen molar-refractivity contribution >= 4 is 5.69 Å². The van der Waals surface area contributed by atoms with Gasteiger partial charge in [0.05, 0.1) is 5.56 Å². The van der Waals surface area contributed by atoms with E-state index in [0.717, 1.165) is 6.07 Å². The van der Waals surface area contributed by atoms with Gasteiger partial charge < -0.3 is 10.8 Å². The number of phenols is 1. The average Bonchev–Trinajstić information content (AvgIpc) is 2.31. The van der Waals surface area contributed by atoms with E-state index in [1.165, 1.54) is 36.4 Å². The molecule has 0 saturated heterocycles. The van der Waals surface area contributed by atoms with Crippen LogP contribution in [0, 0.1) is 0 Å². The van der Waals surface area contributed by atoms with Crippen LogP contribution in [0.15, 0.2) is 42.5 Å². The summed E-state index contributed by atoms with van der Waals surface area (Å²) >= 11 is 0. The fraction of sp³-hybridized carbons (Fsp3) is 0.0769. The number of benzene rings is 2. The van der Waals surface area contributed by atoms with Gasteiger partial charge in [-0.05, 0) is 29.8 Å². The normalized spacial score (nSPS) is 11.5. The van der Waals surface area contributed by atoms with Crippen molar-refractivity contribution in [2.75, 3.05) is 5.73 Å². The zero-order valence-corrected chi connectivity index (χ0v) is 9.20. The highest BCUT2D eigenvalue weighted by Gasteiger charge is 2.33. The molecular weight excluding hydrogens is 243 g/mol. The van der Waals surface area contributed by atoms with E-state index in [1.54, 1.807) is 0 Å². The number of halogens is 3. The molecule has 0 heterocycles. The summed E-state index contributed by atoms with van der Waals surface area (Å²) in [6, 6.07) is 9.04. The largest absolute Gasteiger partial charge is 0.508 e. The molecule has 0 aromatic heterocycles. The number of rotatable bonds is 1. The van der Waals surface area contributed by atoms with Crippen molar-refractivity contribution in [1.82, 2.24) is 0 Å². The van der Waals surface area contributed by atoms with Crippen LogP contribution in [-0.4, -0.2) is 5.11 Å². The van der Waals surface area contributed by atoms with Gasteiger partial charge in [0.15, 0.2) is 0 Å². The molecule has 0 aliphatic carbocycles. The first kappa shape index (κ1) is 12.3. The number of hydrogen-bond acceptors (Lipinski definition) is 2. The lowest BCUT2D eigenvalue weighted by atomic mass is 9.98. The molecule has 2 aromatic carbocycles. The second-order valence-corrected chi connectivity index (χ2v) is 3.81. The number of alkyl halides is 3. The van der Waals surface area contributed by atoms with Gasteiger partial charge in [-0.15, -0.1) is 0 Å². The highest BCUT2D eigenvalue weighted by atomic mass is 19.4. The first-order chi connectivity index (χ1) is 8.39. The minimum Gasteiger partial charge on any atom is -0.508 e. The summed E-state index contributed by atoms with van der Waals surface area (Å²) in [4.78, 5) is 0. The lowest BCUT2D eigenvalue weighted by molar-refractivity contribution is -0.137. The van der Waals surface area contributed by atoms with Crippen LogP contribution in [-0.2, 0) is 6.18 Å². The van der Waals surface area contributed by atoms with E-state index in [2.05, 4.69) is 0 Å². The minimum atomic E-state index is -4.46. The van der Waals surface area contributed by atoms with Gasteiger partial charge in [-0.3, -0.25) is 0 Å². The summed E-state index contributed by atoms with van der Waals surface area (Å²) in [7, 11) is 0. The van der Waals surface area contributed by atoms with Crippen molar-refractivity contribution in [1.29, 1.82) is 0 Å². The molecule has 18 heavy (non-hydrogen) atoms. The van der Waals surface area contributed by atoms with Crippen LogP contribution >= 0.6 is 0 Å². The maximum Gasteiger partial charge on any atom is 0.417 e. The molecule has 0 saturated carbocycles. The molecule has 0 spiro atoms. The summed E-state index contributed by atoms with van der Waals surface area (Å²) in [5, 5.41) is 9.36. The van der Waals surface area contributed by atoms with Crippen molar-refractivity contribution in [3.05, 3.63) is 48.0 Å². The van der Waals surface area contributed by atoms with Crippen LogP contribution < -0.4 is 5.73 Å². The third-order valence-electron chi connectivity index (χ3n) is 2.56. The molecule has 0 fully saturated rings. The molecule has 2 nitrogen and oxygen atoms in total. The molecule has 2 rings (SSSR count). The van der Waals surface area contributed by atoms with Gasteiger partial charge in [-0.1, -0.05) is 18.2 Å². The zero-order chi connectivity index (χ0) is 13.3. The van der Waals surface area contributed by atoms with Gasteiger partial charge in [0.2, 0.25) is 0 Å². The third-order valence-corrected chi connectivity index (χ3v) is 2.56. The van der Waals surface area contributed by atoms with Gasteiger partial charge in [-0.25, -0.2) is 0 Å². The zero-order valence-electron chi connectivity index (χ0n) is 9.20. The maximum atomic E-state index is 12.9. The van der Waals surface area contributed by atoms with E-state index < -0.39 is 11.7 Å². The highest BCUT2D eigenvalue weighted by molar-refractivity contribution is 5.80. The molecule has 2 aromatic rings. The Morgan fingerprint density at radius 2 is 1.61 bits per heavy atom. The van der Waals surface area contributed by atoms with E-state index in [0.29, 0.717) is 0 Å². The van der Waals surface area contributed by atoms with E-state index >= 15 is 0 Å². The average molecular weight is 253 g/mol. The summed E-state index contributed by atoms with van der Waals surface area (Å²) in [6.07, 6.45) is -4.46. The number of anilines is 1. The van der Waals surface area contributed by atoms with E-state index in [4.69, 9.17) is 5.73 Å². The van der Waals surface area contributed by atoms with Crippen LogP contribution in [0.2, 0.25) is 0 Å². The predicted molar refractivity (Wildman–Crippen MR) is 63.0 cm³/mol. The fourth-order valence-corrected chi connectivity index (χ4v) is 1.74. The topological polar surface area (TPSA) is 46.2 Å². The number of phenolic OH excluding ortho intramolecular Hbond substituents is 1. The van der Waals surface area contributed by atoms with Crippen LogP contribution in [0.25, 0.3) is 11.1 Å². The molecule has 0 bridgehead atoms. The van der Waals surface area contributed by atoms with Crippen LogP contribution in [0.1, 0.15) is 5.56 Å². The quantitative estimate of drug-likeness (QED) is 0.601. The van der Waals surface area contributed by atoms with E-state index in [-0.39, 0.29) is 22.6 Å². The second kappa shape index (κ2) is 4.25. The van der Waals surface area contributed by atoms with Crippen LogP contribution in [0.5, 0.6) is 5.75 Å². The van der Waals surface area contributed by atoms with Gasteiger partial charge in [0, 0.05) is 11.3 Å². The Hall–Kier alpha value is -2.17. The lowest BCUT2D eigenvalue weighted by Crippen LogP contribution is -2.07. The highest BCUT2D eigenvalue weighted by Crippen LogP contribution is 2.39. The van der Waals surface area contributed by atoms with E-state index in [1.807, 2.05) is 0 Å². The molecule has 0 amide bonds. The van der Waals surface area contributed by atoms with Gasteiger partial charge in [0.25, 0.3) is 0 Å². The SMILES string of the molecule is Nc1ccc(O)cc1-c1ccccc1C(F)(F)F. The molecule has 0 unspecified atom stereocenters. The van der Waals surface area contributed by atoms with Crippen molar-refractivity contribution in [2.24, 2.45) is 0 Å². The molecule has 94 valence electrons. The predicted octanol–water partition coefficient (Wildman–Crippen LogP) is 3.66. The second-order valence-electron chi connectivity index (χ2n) is 3.81. The molecule has 0 atom stereocenters. The Morgan fingerprint density at radius 1 is 0.944 bits per heavy atom. The van der Waals surface area contributed by atoms with Crippen molar-refractivity contribution in [3.63, 3.8) is 0 Å². The molecule has 3 N–H and O–H groups in total. The Morgan fingerprint density at radius 3 is 2.28 bits per heavy atom. The molecule has 0 aliphatic rings. The van der Waals surface area contributed by atoms with Gasteiger partial charge in [0.1, 0.15) is 5.75 Å². The van der Waals surface area contributed by atoms with Crippen molar-refractivity contribution in [3.8, 4) is 16.9 Å². The van der Waals surface area contributed by atoms with E-state index in [9.17, 15) is 18.3 Å². The smallest absolute Gasteiger partial charge is 0.417 e. The Labute approximate surface area is 101 Å². The summed E-state index contributed by atoms with van der Waals surface area (Å²) in [5.74, 6) is -0.129.